The normalized spacial score (nSPS) is 14.0. The fourth-order valence-corrected chi connectivity index (χ4v) is 5.18. The molecule has 0 aliphatic carbocycles. The van der Waals surface area contributed by atoms with Crippen LogP contribution in [0.4, 0.5) is 5.69 Å². The SMILES string of the molecule is COc1ccc(CCN2C(=O)C(C#N)=C(C)/C(=C\c3cn(-c4ccccc4)nc3-c3ccc(OC)c([N+](=O)[O-])c3)C2=O)cc1OC. The minimum atomic E-state index is -0.686. The Bertz CT molecular complexity index is 1950. The van der Waals surface area contributed by atoms with Crippen molar-refractivity contribution in [3.63, 3.8) is 0 Å². The molecule has 1 aliphatic rings. The second-order valence-electron chi connectivity index (χ2n) is 10.2. The van der Waals surface area contributed by atoms with E-state index in [2.05, 4.69) is 0 Å². The van der Waals surface area contributed by atoms with E-state index in [1.165, 1.54) is 33.5 Å². The third kappa shape index (κ3) is 5.94. The number of nitrogens with zero attached hydrogens (tertiary/aromatic N) is 5. The molecule has 1 aliphatic heterocycles. The topological polar surface area (TPSA) is 150 Å². The fraction of sp³-hybridized carbons (Fsp3) is 0.176. The molecular weight excluding hydrogens is 590 g/mol. The van der Waals surface area contributed by atoms with E-state index in [0.717, 1.165) is 10.5 Å². The first kappa shape index (κ1) is 31.2. The predicted octanol–water partition coefficient (Wildman–Crippen LogP) is 5.31. The molecule has 12 heteroatoms. The van der Waals surface area contributed by atoms with Gasteiger partial charge in [0.2, 0.25) is 0 Å². The average Bonchev–Trinajstić information content (AvgIpc) is 3.50. The van der Waals surface area contributed by atoms with Crippen LogP contribution in [-0.2, 0) is 16.0 Å². The molecule has 1 aromatic heterocycles. The van der Waals surface area contributed by atoms with Crippen molar-refractivity contribution in [3.05, 3.63) is 111 Å². The van der Waals surface area contributed by atoms with E-state index >= 15 is 0 Å². The van der Waals surface area contributed by atoms with Gasteiger partial charge in [-0.25, -0.2) is 4.68 Å². The number of para-hydroxylation sites is 1. The van der Waals surface area contributed by atoms with Gasteiger partial charge in [-0.1, -0.05) is 24.3 Å². The molecule has 0 atom stereocenters. The number of rotatable bonds is 10. The number of nitriles is 1. The number of carbonyl (C=O) groups excluding carboxylic acids is 2. The lowest BCUT2D eigenvalue weighted by atomic mass is 9.93. The second-order valence-corrected chi connectivity index (χ2v) is 10.2. The van der Waals surface area contributed by atoms with E-state index in [4.69, 9.17) is 19.3 Å². The summed E-state index contributed by atoms with van der Waals surface area (Å²) in [6, 6.07) is 20.9. The van der Waals surface area contributed by atoms with Crippen molar-refractivity contribution in [1.29, 1.82) is 5.26 Å². The summed E-state index contributed by atoms with van der Waals surface area (Å²) in [6.45, 7) is 1.55. The Morgan fingerprint density at radius 3 is 2.28 bits per heavy atom. The van der Waals surface area contributed by atoms with E-state index in [9.17, 15) is 25.0 Å². The molecular formula is C34H29N5O7. The molecule has 0 N–H and O–H groups in total. The minimum Gasteiger partial charge on any atom is -0.493 e. The second kappa shape index (κ2) is 13.2. The van der Waals surface area contributed by atoms with Crippen LogP contribution in [0.2, 0.25) is 0 Å². The summed E-state index contributed by atoms with van der Waals surface area (Å²) >= 11 is 0. The number of ether oxygens (including phenoxy) is 3. The van der Waals surface area contributed by atoms with E-state index in [1.807, 2.05) is 42.5 Å². The quantitative estimate of drug-likeness (QED) is 0.0996. The molecule has 0 bridgehead atoms. The number of hydrogen-bond acceptors (Lipinski definition) is 9. The molecule has 12 nitrogen and oxygen atoms in total. The van der Waals surface area contributed by atoms with Crippen molar-refractivity contribution < 1.29 is 28.7 Å². The number of methoxy groups -OCH3 is 3. The molecule has 4 aromatic rings. The van der Waals surface area contributed by atoms with Gasteiger partial charge in [-0.3, -0.25) is 24.6 Å². The molecule has 2 amide bonds. The smallest absolute Gasteiger partial charge is 0.311 e. The zero-order valence-corrected chi connectivity index (χ0v) is 25.5. The van der Waals surface area contributed by atoms with Crippen molar-refractivity contribution in [2.45, 2.75) is 13.3 Å². The van der Waals surface area contributed by atoms with Crippen molar-refractivity contribution in [2.24, 2.45) is 0 Å². The zero-order chi connectivity index (χ0) is 33.0. The number of nitro groups is 1. The van der Waals surface area contributed by atoms with Crippen LogP contribution in [0.25, 0.3) is 23.0 Å². The average molecular weight is 620 g/mol. The van der Waals surface area contributed by atoms with E-state index in [-0.39, 0.29) is 34.7 Å². The molecule has 46 heavy (non-hydrogen) atoms. The lowest BCUT2D eigenvalue weighted by Crippen LogP contribution is -2.43. The summed E-state index contributed by atoms with van der Waals surface area (Å²) in [5.41, 5.74) is 2.63. The molecule has 232 valence electrons. The maximum absolute atomic E-state index is 13.9. The van der Waals surface area contributed by atoms with Crippen molar-refractivity contribution >= 4 is 23.6 Å². The molecule has 0 fully saturated rings. The molecule has 0 radical (unpaired) electrons. The maximum atomic E-state index is 13.9. The number of hydrogen-bond donors (Lipinski definition) is 0. The molecule has 0 spiro atoms. The monoisotopic (exact) mass is 619 g/mol. The number of aromatic nitrogens is 2. The van der Waals surface area contributed by atoms with Crippen LogP contribution in [-0.4, -0.2) is 59.3 Å². The van der Waals surface area contributed by atoms with Crippen molar-refractivity contribution in [2.75, 3.05) is 27.9 Å². The molecule has 0 saturated carbocycles. The van der Waals surface area contributed by atoms with Crippen LogP contribution in [0.3, 0.4) is 0 Å². The van der Waals surface area contributed by atoms with Crippen LogP contribution in [0.15, 0.2) is 89.6 Å². The van der Waals surface area contributed by atoms with Crippen LogP contribution in [0, 0.1) is 21.4 Å². The fourth-order valence-electron chi connectivity index (χ4n) is 5.18. The van der Waals surface area contributed by atoms with Crippen LogP contribution in [0.1, 0.15) is 18.1 Å². The highest BCUT2D eigenvalue weighted by Crippen LogP contribution is 2.36. The Kier molecular flexibility index (Phi) is 8.95. The van der Waals surface area contributed by atoms with Gasteiger partial charge >= 0.3 is 5.69 Å². The Balaban J connectivity index is 1.60. The van der Waals surface area contributed by atoms with Gasteiger partial charge in [0, 0.05) is 35.5 Å². The summed E-state index contributed by atoms with van der Waals surface area (Å²) < 4.78 is 17.4. The Hall–Kier alpha value is -6.22. The first-order chi connectivity index (χ1) is 22.2. The molecule has 3 aromatic carbocycles. The van der Waals surface area contributed by atoms with Crippen LogP contribution >= 0.6 is 0 Å². The standard InChI is InChI=1S/C34H29N5O7/c1-21-26(33(40)37(34(41)27(21)19-35)15-14-22-10-12-30(45-3)31(16-22)46-4)17-24-20-38(25-8-6-5-7-9-25)36-32(24)23-11-13-29(44-2)28(18-23)39(42)43/h5-13,16-18,20H,14-15H2,1-4H3/b26-17+. The molecule has 5 rings (SSSR count). The van der Waals surface area contributed by atoms with Gasteiger partial charge in [-0.15, -0.1) is 0 Å². The number of imide groups is 1. The van der Waals surface area contributed by atoms with Crippen molar-refractivity contribution in [3.8, 4) is 40.3 Å². The summed E-state index contributed by atoms with van der Waals surface area (Å²) in [6.07, 6.45) is 3.54. The Morgan fingerprint density at radius 1 is 0.935 bits per heavy atom. The lowest BCUT2D eigenvalue weighted by molar-refractivity contribution is -0.385. The first-order valence-electron chi connectivity index (χ1n) is 14.1. The summed E-state index contributed by atoms with van der Waals surface area (Å²) in [5.74, 6) is -0.137. The lowest BCUT2D eigenvalue weighted by Gasteiger charge is -2.27. The van der Waals surface area contributed by atoms with E-state index < -0.39 is 16.7 Å². The number of benzene rings is 3. The minimum absolute atomic E-state index is 0.00373. The van der Waals surface area contributed by atoms with Gasteiger partial charge in [0.15, 0.2) is 17.2 Å². The third-order valence-corrected chi connectivity index (χ3v) is 7.61. The summed E-state index contributed by atoms with van der Waals surface area (Å²) in [5, 5.41) is 26.4. The maximum Gasteiger partial charge on any atom is 0.311 e. The Labute approximate surface area is 264 Å². The molecule has 0 saturated heterocycles. The predicted molar refractivity (Wildman–Crippen MR) is 168 cm³/mol. The third-order valence-electron chi connectivity index (χ3n) is 7.61. The zero-order valence-electron chi connectivity index (χ0n) is 25.5. The van der Waals surface area contributed by atoms with Gasteiger partial charge in [-0.2, -0.15) is 10.4 Å². The largest absolute Gasteiger partial charge is 0.493 e. The molecule has 2 heterocycles. The summed E-state index contributed by atoms with van der Waals surface area (Å²) in [7, 11) is 4.39. The van der Waals surface area contributed by atoms with Gasteiger partial charge in [0.05, 0.1) is 31.9 Å². The number of carbonyl (C=O) groups is 2. The summed E-state index contributed by atoms with van der Waals surface area (Å²) in [4.78, 5) is 39.5. The van der Waals surface area contributed by atoms with E-state index in [0.29, 0.717) is 40.4 Å². The van der Waals surface area contributed by atoms with Gasteiger partial charge in [-0.05, 0) is 67.0 Å². The highest BCUT2D eigenvalue weighted by Gasteiger charge is 2.35. The van der Waals surface area contributed by atoms with Crippen molar-refractivity contribution in [1.82, 2.24) is 14.7 Å². The number of nitro benzene ring substituents is 1. The molecule has 0 unspecified atom stereocenters. The van der Waals surface area contributed by atoms with E-state index in [1.54, 1.807) is 42.1 Å². The van der Waals surface area contributed by atoms with Crippen LogP contribution in [0.5, 0.6) is 17.2 Å². The first-order valence-corrected chi connectivity index (χ1v) is 14.1. The Morgan fingerprint density at radius 2 is 1.63 bits per heavy atom. The van der Waals surface area contributed by atoms with Crippen LogP contribution < -0.4 is 14.2 Å². The van der Waals surface area contributed by atoms with Gasteiger partial charge in [0.25, 0.3) is 11.8 Å². The van der Waals surface area contributed by atoms with Gasteiger partial charge in [0.1, 0.15) is 17.3 Å². The number of amides is 2. The highest BCUT2D eigenvalue weighted by molar-refractivity contribution is 6.19. The van der Waals surface area contributed by atoms with Gasteiger partial charge < -0.3 is 14.2 Å². The highest BCUT2D eigenvalue weighted by atomic mass is 16.6.